The van der Waals surface area contributed by atoms with Gasteiger partial charge in [-0.25, -0.2) is 18.4 Å². The smallest absolute Gasteiger partial charge is 0.222 e. The van der Waals surface area contributed by atoms with Crippen molar-refractivity contribution in [2.45, 2.75) is 6.04 Å². The van der Waals surface area contributed by atoms with Gasteiger partial charge in [-0.2, -0.15) is 0 Å². The number of sulfone groups is 1. The van der Waals surface area contributed by atoms with Gasteiger partial charge in [0.25, 0.3) is 0 Å². The molecule has 0 unspecified atom stereocenters. The monoisotopic (exact) mass is 277 g/mol. The largest absolute Gasteiger partial charge is 0.349 e. The van der Waals surface area contributed by atoms with E-state index in [1.807, 2.05) is 0 Å². The molecule has 0 spiro atoms. The van der Waals surface area contributed by atoms with Crippen LogP contribution in [0, 0.1) is 0 Å². The normalized spacial score (nSPS) is 20.1. The Kier molecular flexibility index (Phi) is 2.44. The molecule has 7 heteroatoms. The van der Waals surface area contributed by atoms with Crippen molar-refractivity contribution in [3.8, 4) is 0 Å². The summed E-state index contributed by atoms with van der Waals surface area (Å²) in [5, 5.41) is 2.94. The van der Waals surface area contributed by atoms with Crippen LogP contribution in [0.3, 0.4) is 0 Å². The molecular formula is C7H8BrN3O2S. The standard InChI is InChI=1S/C7H8BrN3O2S/c8-5-1-9-7(10-2-5)11-6-3-14(12,13)4-6/h1-2,6H,3-4H2,(H,9,10,11). The minimum absolute atomic E-state index is 0.0406. The van der Waals surface area contributed by atoms with Crippen molar-refractivity contribution in [1.29, 1.82) is 0 Å². The van der Waals surface area contributed by atoms with E-state index >= 15 is 0 Å². The quantitative estimate of drug-likeness (QED) is 0.850. The van der Waals surface area contributed by atoms with Gasteiger partial charge >= 0.3 is 0 Å². The molecule has 2 rings (SSSR count). The fourth-order valence-electron chi connectivity index (χ4n) is 1.22. The van der Waals surface area contributed by atoms with Crippen LogP contribution in [-0.4, -0.2) is 35.9 Å². The lowest BCUT2D eigenvalue weighted by Crippen LogP contribution is -2.46. The van der Waals surface area contributed by atoms with Gasteiger partial charge in [0.2, 0.25) is 5.95 Å². The molecule has 1 aliphatic rings. The first-order chi connectivity index (χ1) is 6.55. The number of anilines is 1. The third kappa shape index (κ3) is 2.21. The van der Waals surface area contributed by atoms with E-state index < -0.39 is 9.84 Å². The number of nitrogens with one attached hydrogen (secondary N) is 1. The molecule has 5 nitrogen and oxygen atoms in total. The van der Waals surface area contributed by atoms with E-state index in [2.05, 4.69) is 31.2 Å². The van der Waals surface area contributed by atoms with Crippen LogP contribution >= 0.6 is 15.9 Å². The number of aromatic nitrogens is 2. The zero-order chi connectivity index (χ0) is 10.2. The third-order valence-electron chi connectivity index (χ3n) is 1.86. The van der Waals surface area contributed by atoms with E-state index in [4.69, 9.17) is 0 Å². The molecule has 0 atom stereocenters. The molecular weight excluding hydrogens is 270 g/mol. The number of halogens is 1. The molecule has 0 aromatic carbocycles. The van der Waals surface area contributed by atoms with Gasteiger partial charge in [-0.3, -0.25) is 0 Å². The minimum atomic E-state index is -2.79. The third-order valence-corrected chi connectivity index (χ3v) is 4.09. The van der Waals surface area contributed by atoms with Gasteiger partial charge in [-0.15, -0.1) is 0 Å². The highest BCUT2D eigenvalue weighted by Crippen LogP contribution is 2.15. The topological polar surface area (TPSA) is 72.0 Å². The molecule has 1 aromatic heterocycles. The van der Waals surface area contributed by atoms with Crippen LogP contribution in [0.5, 0.6) is 0 Å². The maximum Gasteiger partial charge on any atom is 0.222 e. The first-order valence-corrected chi connectivity index (χ1v) is 6.61. The van der Waals surface area contributed by atoms with Gasteiger partial charge in [-0.05, 0) is 15.9 Å². The van der Waals surface area contributed by atoms with Crippen LogP contribution in [0.2, 0.25) is 0 Å². The molecule has 1 aliphatic heterocycles. The SMILES string of the molecule is O=S1(=O)CC(Nc2ncc(Br)cn2)C1. The van der Waals surface area contributed by atoms with E-state index in [0.717, 1.165) is 4.47 Å². The molecule has 1 N–H and O–H groups in total. The lowest BCUT2D eigenvalue weighted by Gasteiger charge is -2.26. The van der Waals surface area contributed by atoms with E-state index in [-0.39, 0.29) is 17.5 Å². The Hall–Kier alpha value is -0.690. The Labute approximate surface area is 90.0 Å². The fourth-order valence-corrected chi connectivity index (χ4v) is 2.72. The molecule has 2 heterocycles. The first-order valence-electron chi connectivity index (χ1n) is 4.00. The average Bonchev–Trinajstić information content (AvgIpc) is 2.06. The maximum absolute atomic E-state index is 10.9. The van der Waals surface area contributed by atoms with E-state index in [9.17, 15) is 8.42 Å². The van der Waals surface area contributed by atoms with Crippen LogP contribution in [0.4, 0.5) is 5.95 Å². The van der Waals surface area contributed by atoms with Crippen LogP contribution in [0.1, 0.15) is 0 Å². The molecule has 1 fully saturated rings. The summed E-state index contributed by atoms with van der Waals surface area (Å²) in [5.74, 6) is 0.812. The second-order valence-electron chi connectivity index (χ2n) is 3.14. The van der Waals surface area contributed by atoms with Crippen LogP contribution in [0.15, 0.2) is 16.9 Å². The zero-order valence-corrected chi connectivity index (χ0v) is 9.55. The molecule has 0 saturated carbocycles. The predicted molar refractivity (Wildman–Crippen MR) is 55.8 cm³/mol. The van der Waals surface area contributed by atoms with Crippen molar-refractivity contribution >= 4 is 31.7 Å². The predicted octanol–water partition coefficient (Wildman–Crippen LogP) is 0.448. The van der Waals surface area contributed by atoms with Gasteiger partial charge in [0.1, 0.15) is 0 Å². The highest BCUT2D eigenvalue weighted by atomic mass is 79.9. The van der Waals surface area contributed by atoms with Gasteiger partial charge in [0.15, 0.2) is 9.84 Å². The van der Waals surface area contributed by atoms with Gasteiger partial charge in [0, 0.05) is 12.4 Å². The highest BCUT2D eigenvalue weighted by Gasteiger charge is 2.33. The number of hydrogen-bond donors (Lipinski definition) is 1. The van der Waals surface area contributed by atoms with Crippen LogP contribution in [0.25, 0.3) is 0 Å². The van der Waals surface area contributed by atoms with E-state index in [0.29, 0.717) is 5.95 Å². The van der Waals surface area contributed by atoms with Crippen molar-refractivity contribution in [1.82, 2.24) is 9.97 Å². The summed E-state index contributed by atoms with van der Waals surface area (Å²) in [6.45, 7) is 0. The van der Waals surface area contributed by atoms with E-state index in [1.54, 1.807) is 12.4 Å². The van der Waals surface area contributed by atoms with Crippen molar-refractivity contribution < 1.29 is 8.42 Å². The lowest BCUT2D eigenvalue weighted by atomic mass is 10.4. The molecule has 0 amide bonds. The van der Waals surface area contributed by atoms with Crippen molar-refractivity contribution in [2.24, 2.45) is 0 Å². The second-order valence-corrected chi connectivity index (χ2v) is 6.21. The van der Waals surface area contributed by atoms with Gasteiger partial charge < -0.3 is 5.32 Å². The first kappa shape index (κ1) is 9.85. The summed E-state index contributed by atoms with van der Waals surface area (Å²) >= 11 is 3.21. The average molecular weight is 278 g/mol. The van der Waals surface area contributed by atoms with Crippen molar-refractivity contribution in [2.75, 3.05) is 16.8 Å². The summed E-state index contributed by atoms with van der Waals surface area (Å²) in [7, 11) is -2.79. The fraction of sp³-hybridized carbons (Fsp3) is 0.429. The zero-order valence-electron chi connectivity index (χ0n) is 7.14. The molecule has 14 heavy (non-hydrogen) atoms. The molecule has 1 aromatic rings. The Morgan fingerprint density at radius 1 is 1.36 bits per heavy atom. The molecule has 76 valence electrons. The van der Waals surface area contributed by atoms with Crippen molar-refractivity contribution in [3.05, 3.63) is 16.9 Å². The lowest BCUT2D eigenvalue weighted by molar-refractivity contribution is 0.570. The highest BCUT2D eigenvalue weighted by molar-refractivity contribution is 9.10. The van der Waals surface area contributed by atoms with Crippen LogP contribution in [-0.2, 0) is 9.84 Å². The maximum atomic E-state index is 10.9. The van der Waals surface area contributed by atoms with Crippen molar-refractivity contribution in [3.63, 3.8) is 0 Å². The molecule has 0 aliphatic carbocycles. The van der Waals surface area contributed by atoms with Gasteiger partial charge in [-0.1, -0.05) is 0 Å². The molecule has 0 radical (unpaired) electrons. The molecule has 0 bridgehead atoms. The summed E-state index contributed by atoms with van der Waals surface area (Å²) in [6, 6.07) is -0.0406. The summed E-state index contributed by atoms with van der Waals surface area (Å²) < 4.78 is 22.5. The number of nitrogens with zero attached hydrogens (tertiary/aromatic N) is 2. The number of hydrogen-bond acceptors (Lipinski definition) is 5. The summed E-state index contributed by atoms with van der Waals surface area (Å²) in [4.78, 5) is 7.97. The van der Waals surface area contributed by atoms with Gasteiger partial charge in [0.05, 0.1) is 22.0 Å². The minimum Gasteiger partial charge on any atom is -0.349 e. The number of rotatable bonds is 2. The molecule has 1 saturated heterocycles. The van der Waals surface area contributed by atoms with E-state index in [1.165, 1.54) is 0 Å². The Morgan fingerprint density at radius 2 is 1.93 bits per heavy atom. The van der Waals surface area contributed by atoms with Crippen LogP contribution < -0.4 is 5.32 Å². The summed E-state index contributed by atoms with van der Waals surface area (Å²) in [6.07, 6.45) is 3.23. The summed E-state index contributed by atoms with van der Waals surface area (Å²) in [5.41, 5.74) is 0. The Bertz CT molecular complexity index is 419. The Balaban J connectivity index is 1.97. The second kappa shape index (κ2) is 3.47. The Morgan fingerprint density at radius 3 is 2.43 bits per heavy atom.